The summed E-state index contributed by atoms with van der Waals surface area (Å²) >= 11 is 0. The fourth-order valence-electron chi connectivity index (χ4n) is 4.07. The number of aliphatic hydroxyl groups is 1. The molecule has 0 fully saturated rings. The highest BCUT2D eigenvalue weighted by Gasteiger charge is 2.32. The molecule has 232 valence electrons. The molecule has 0 radical (unpaired) electrons. The smallest absolute Gasteiger partial charge is 0.472 e. The highest BCUT2D eigenvalue weighted by molar-refractivity contribution is 7.47. The number of aliphatic hydroxyl groups excluding tert-OH is 1. The van der Waals surface area contributed by atoms with Crippen LogP contribution in [0.15, 0.2) is 12.2 Å². The van der Waals surface area contributed by atoms with Gasteiger partial charge in [0.15, 0.2) is 0 Å². The normalized spacial score (nSPS) is 15.4. The van der Waals surface area contributed by atoms with Crippen LogP contribution in [-0.4, -0.2) is 85.3 Å². The largest absolute Gasteiger partial charge is 0.481 e. The van der Waals surface area contributed by atoms with Crippen LogP contribution in [0, 0.1) is 0 Å². The van der Waals surface area contributed by atoms with E-state index in [-0.39, 0.29) is 26.2 Å². The summed E-state index contributed by atoms with van der Waals surface area (Å²) < 4.78 is 29.6. The number of likely N-dealkylation sites (N-methyl/N-ethyl adjacent to an activating group) is 1. The lowest BCUT2D eigenvalue weighted by molar-refractivity contribution is -0.870. The van der Waals surface area contributed by atoms with Crippen molar-refractivity contribution >= 4 is 13.8 Å². The summed E-state index contributed by atoms with van der Waals surface area (Å²) in [5.41, 5.74) is 0. The topological polar surface area (TPSA) is 123 Å². The van der Waals surface area contributed by atoms with Gasteiger partial charge in [-0.05, 0) is 44.9 Å². The molecular formula is C29H59NO8P+. The number of ether oxygens (including phenoxy) is 1. The molecule has 0 aromatic carbocycles. The van der Waals surface area contributed by atoms with Crippen molar-refractivity contribution in [1.82, 2.24) is 0 Å². The Labute approximate surface area is 238 Å². The summed E-state index contributed by atoms with van der Waals surface area (Å²) in [5, 5.41) is 18.7. The number of phosphoric ester groups is 1. The molecule has 0 aliphatic carbocycles. The number of allylic oxidation sites excluding steroid dienone is 2. The number of carbonyl (C=O) groups is 1. The summed E-state index contributed by atoms with van der Waals surface area (Å²) in [7, 11) is 1.55. The monoisotopic (exact) mass is 580 g/mol. The molecule has 0 aliphatic rings. The van der Waals surface area contributed by atoms with Crippen molar-refractivity contribution in [2.45, 2.75) is 122 Å². The van der Waals surface area contributed by atoms with Crippen molar-refractivity contribution < 1.29 is 42.7 Å². The Hall–Kier alpha value is -0.800. The van der Waals surface area contributed by atoms with Gasteiger partial charge in [-0.1, -0.05) is 70.4 Å². The molecule has 0 bridgehead atoms. The number of rotatable bonds is 28. The summed E-state index contributed by atoms with van der Waals surface area (Å²) in [5.74, 6) is -0.864. The minimum atomic E-state index is -4.33. The van der Waals surface area contributed by atoms with Crippen molar-refractivity contribution in [2.75, 3.05) is 47.5 Å². The minimum absolute atomic E-state index is 0.0500. The molecule has 9 nitrogen and oxygen atoms in total. The maximum atomic E-state index is 12.6. The van der Waals surface area contributed by atoms with E-state index in [0.29, 0.717) is 30.3 Å². The van der Waals surface area contributed by atoms with Gasteiger partial charge in [-0.15, -0.1) is 0 Å². The minimum Gasteiger partial charge on any atom is -0.481 e. The van der Waals surface area contributed by atoms with Crippen LogP contribution in [0.3, 0.4) is 0 Å². The van der Waals surface area contributed by atoms with Gasteiger partial charge in [0, 0.05) is 13.0 Å². The number of quaternary nitrogens is 1. The van der Waals surface area contributed by atoms with Gasteiger partial charge in [0.1, 0.15) is 19.3 Å². The van der Waals surface area contributed by atoms with Gasteiger partial charge in [-0.3, -0.25) is 13.8 Å². The molecule has 0 saturated carbocycles. The van der Waals surface area contributed by atoms with E-state index >= 15 is 0 Å². The predicted octanol–water partition coefficient (Wildman–Crippen LogP) is 6.47. The summed E-state index contributed by atoms with van der Waals surface area (Å²) in [6.07, 6.45) is 18.4. The number of unbranched alkanes of at least 4 members (excludes halogenated alkanes) is 11. The lowest BCUT2D eigenvalue weighted by Crippen LogP contribution is -2.38. The second-order valence-corrected chi connectivity index (χ2v) is 12.8. The fraction of sp³-hybridized carbons (Fsp3) is 0.897. The average molecular weight is 581 g/mol. The number of nitrogens with zero attached hydrogens (tertiary/aromatic N) is 1. The maximum absolute atomic E-state index is 12.6. The third-order valence-electron chi connectivity index (χ3n) is 6.50. The van der Waals surface area contributed by atoms with E-state index in [4.69, 9.17) is 18.9 Å². The Kier molecular flexibility index (Phi) is 23.4. The van der Waals surface area contributed by atoms with Crippen LogP contribution in [0.4, 0.5) is 0 Å². The number of hydrogen-bond acceptors (Lipinski definition) is 6. The zero-order valence-corrected chi connectivity index (χ0v) is 26.1. The first-order valence-electron chi connectivity index (χ1n) is 15.1. The number of aliphatic carboxylic acids is 1. The van der Waals surface area contributed by atoms with Gasteiger partial charge in [-0.2, -0.15) is 0 Å². The maximum Gasteiger partial charge on any atom is 0.472 e. The van der Waals surface area contributed by atoms with Crippen LogP contribution in [0.5, 0.6) is 0 Å². The third kappa shape index (κ3) is 25.9. The molecule has 3 N–H and O–H groups in total. The van der Waals surface area contributed by atoms with Crippen LogP contribution in [-0.2, 0) is 23.1 Å². The van der Waals surface area contributed by atoms with Crippen LogP contribution >= 0.6 is 7.82 Å². The van der Waals surface area contributed by atoms with E-state index in [2.05, 4.69) is 19.1 Å². The zero-order valence-electron chi connectivity index (χ0n) is 25.2. The molecular weight excluding hydrogens is 521 g/mol. The first-order chi connectivity index (χ1) is 18.5. The van der Waals surface area contributed by atoms with Crippen LogP contribution in [0.25, 0.3) is 0 Å². The third-order valence-corrected chi connectivity index (χ3v) is 7.54. The predicted molar refractivity (Wildman–Crippen MR) is 157 cm³/mol. The lowest BCUT2D eigenvalue weighted by atomic mass is 10.0. The summed E-state index contributed by atoms with van der Waals surface area (Å²) in [6, 6.07) is 0. The number of carboxylic acid groups (broad SMARTS) is 1. The number of phosphoric acid groups is 1. The summed E-state index contributed by atoms with van der Waals surface area (Å²) in [4.78, 5) is 21.0. The molecule has 39 heavy (non-hydrogen) atoms. The highest BCUT2D eigenvalue weighted by atomic mass is 31.2. The van der Waals surface area contributed by atoms with E-state index in [1.165, 1.54) is 44.9 Å². The van der Waals surface area contributed by atoms with Crippen LogP contribution < -0.4 is 0 Å². The number of hydrogen-bond donors (Lipinski definition) is 3. The number of carboxylic acids is 1. The highest BCUT2D eigenvalue weighted by Crippen LogP contribution is 2.46. The van der Waals surface area contributed by atoms with Gasteiger partial charge < -0.3 is 24.3 Å². The SMILES string of the molecule is CCCCCC/C=C\CCCCCCCCC(OP(=O)(O)OCC[N+](C)(C)C)[C@H](CO)OCCCCC(=O)O. The summed E-state index contributed by atoms with van der Waals surface area (Å²) in [6.45, 7) is 2.71. The molecule has 0 amide bonds. The van der Waals surface area contributed by atoms with Crippen molar-refractivity contribution in [3.05, 3.63) is 12.2 Å². The Bertz CT molecular complexity index is 668. The molecule has 3 atom stereocenters. The van der Waals surface area contributed by atoms with Crippen molar-refractivity contribution in [2.24, 2.45) is 0 Å². The van der Waals surface area contributed by atoms with E-state index in [9.17, 15) is 19.4 Å². The molecule has 0 rings (SSSR count). The average Bonchev–Trinajstić information content (AvgIpc) is 2.84. The molecule has 0 spiro atoms. The fourth-order valence-corrected chi connectivity index (χ4v) is 5.02. The molecule has 0 heterocycles. The molecule has 0 aromatic heterocycles. The molecule has 0 saturated heterocycles. The van der Waals surface area contributed by atoms with Gasteiger partial charge in [0.2, 0.25) is 0 Å². The molecule has 0 aromatic rings. The molecule has 10 heteroatoms. The van der Waals surface area contributed by atoms with Crippen molar-refractivity contribution in [3.63, 3.8) is 0 Å². The van der Waals surface area contributed by atoms with E-state index in [1.54, 1.807) is 0 Å². The van der Waals surface area contributed by atoms with Gasteiger partial charge in [0.25, 0.3) is 0 Å². The van der Waals surface area contributed by atoms with Crippen LogP contribution in [0.1, 0.15) is 110 Å². The molecule has 0 aliphatic heterocycles. The first-order valence-corrected chi connectivity index (χ1v) is 16.6. The van der Waals surface area contributed by atoms with Gasteiger partial charge in [0.05, 0.1) is 33.9 Å². The Morgan fingerprint density at radius 1 is 0.846 bits per heavy atom. The van der Waals surface area contributed by atoms with Crippen molar-refractivity contribution in [1.29, 1.82) is 0 Å². The quantitative estimate of drug-likeness (QED) is 0.0416. The Morgan fingerprint density at radius 2 is 1.44 bits per heavy atom. The van der Waals surface area contributed by atoms with Gasteiger partial charge >= 0.3 is 13.8 Å². The van der Waals surface area contributed by atoms with E-state index in [0.717, 1.165) is 32.1 Å². The Morgan fingerprint density at radius 3 is 2.00 bits per heavy atom. The first kappa shape index (κ1) is 38.2. The lowest BCUT2D eigenvalue weighted by Gasteiger charge is -2.28. The second-order valence-electron chi connectivity index (χ2n) is 11.4. The Balaban J connectivity index is 4.52. The second kappa shape index (κ2) is 23.9. The van der Waals surface area contributed by atoms with Crippen LogP contribution in [0.2, 0.25) is 0 Å². The standard InChI is InChI=1S/C29H58NO8P/c1-5-6-7-8-9-10-11-12-13-14-15-16-17-18-21-27(28(26-31)36-24-20-19-22-29(32)33)38-39(34,35)37-25-23-30(2,3)4/h10-11,27-28,31H,5-9,12-26H2,1-4H3,(H-,32,33,34,35)/p+1/b11-10-/t27?,28-/m0/s1. The van der Waals surface area contributed by atoms with Gasteiger partial charge in [-0.25, -0.2) is 4.57 Å². The van der Waals surface area contributed by atoms with E-state index in [1.807, 2.05) is 21.1 Å². The zero-order chi connectivity index (χ0) is 29.4. The van der Waals surface area contributed by atoms with Crippen molar-refractivity contribution in [3.8, 4) is 0 Å². The molecule has 2 unspecified atom stereocenters. The van der Waals surface area contributed by atoms with E-state index < -0.39 is 26.0 Å².